The quantitative estimate of drug-likeness (QED) is 0.351. The van der Waals surface area contributed by atoms with Gasteiger partial charge in [0.1, 0.15) is 0 Å². The number of aliphatic carboxylic acids is 2. The molecule has 0 atom stereocenters. The van der Waals surface area contributed by atoms with Gasteiger partial charge in [0.2, 0.25) is 0 Å². The van der Waals surface area contributed by atoms with E-state index in [1.165, 1.54) is 0 Å². The SMILES string of the molecule is NC(=O)NC(N)=O.O=C(O)/C=C\C(=O)O. The highest BCUT2D eigenvalue weighted by Gasteiger charge is 1.92. The van der Waals surface area contributed by atoms with Gasteiger partial charge in [-0.1, -0.05) is 0 Å². The number of primary amides is 2. The predicted octanol–water partition coefficient (Wildman–Crippen LogP) is -1.55. The Kier molecular flexibility index (Phi) is 7.99. The Bertz CT molecular complexity index is 269. The summed E-state index contributed by atoms with van der Waals surface area (Å²) in [5.41, 5.74) is 8.88. The number of urea groups is 2. The molecule has 0 unspecified atom stereocenters. The molecule has 84 valence electrons. The first-order valence-electron chi connectivity index (χ1n) is 3.25. The number of nitrogens with two attached hydrogens (primary N) is 2. The van der Waals surface area contributed by atoms with Gasteiger partial charge in [0, 0.05) is 12.2 Å². The molecule has 15 heavy (non-hydrogen) atoms. The van der Waals surface area contributed by atoms with E-state index in [1.807, 2.05) is 0 Å². The minimum atomic E-state index is -1.26. The summed E-state index contributed by atoms with van der Waals surface area (Å²) in [6.45, 7) is 0. The molecule has 0 saturated heterocycles. The maximum Gasteiger partial charge on any atom is 0.328 e. The number of carbonyl (C=O) groups is 4. The van der Waals surface area contributed by atoms with E-state index in [1.54, 1.807) is 5.32 Å². The van der Waals surface area contributed by atoms with Crippen molar-refractivity contribution in [1.82, 2.24) is 5.32 Å². The number of nitrogens with one attached hydrogen (secondary N) is 1. The Hall–Kier alpha value is -2.58. The van der Waals surface area contributed by atoms with E-state index in [-0.39, 0.29) is 0 Å². The summed E-state index contributed by atoms with van der Waals surface area (Å²) in [6.07, 6.45) is 1.12. The molecule has 0 aromatic carbocycles. The second-order valence-corrected chi connectivity index (χ2v) is 1.86. The summed E-state index contributed by atoms with van der Waals surface area (Å²) in [7, 11) is 0. The molecular formula is C6H9N3O6. The van der Waals surface area contributed by atoms with Gasteiger partial charge in [0.15, 0.2) is 0 Å². The third-order valence-corrected chi connectivity index (χ3v) is 0.615. The van der Waals surface area contributed by atoms with Gasteiger partial charge in [-0.2, -0.15) is 0 Å². The maximum absolute atomic E-state index is 9.62. The highest BCUT2D eigenvalue weighted by molar-refractivity contribution is 5.91. The second-order valence-electron chi connectivity index (χ2n) is 1.86. The summed E-state index contributed by atoms with van der Waals surface area (Å²) < 4.78 is 0. The minimum Gasteiger partial charge on any atom is -0.478 e. The number of imide groups is 1. The van der Waals surface area contributed by atoms with E-state index < -0.39 is 24.0 Å². The molecule has 0 fully saturated rings. The molecule has 0 saturated carbocycles. The van der Waals surface area contributed by atoms with Gasteiger partial charge in [0.25, 0.3) is 0 Å². The normalized spacial score (nSPS) is 8.53. The molecule has 0 aromatic heterocycles. The fourth-order valence-electron chi connectivity index (χ4n) is 0.264. The van der Waals surface area contributed by atoms with Crippen molar-refractivity contribution in [2.75, 3.05) is 0 Å². The van der Waals surface area contributed by atoms with Crippen molar-refractivity contribution >= 4 is 24.0 Å². The lowest BCUT2D eigenvalue weighted by molar-refractivity contribution is -0.134. The average molecular weight is 219 g/mol. The van der Waals surface area contributed by atoms with Gasteiger partial charge < -0.3 is 21.7 Å². The lowest BCUT2D eigenvalue weighted by Crippen LogP contribution is -2.38. The monoisotopic (exact) mass is 219 g/mol. The van der Waals surface area contributed by atoms with E-state index in [4.69, 9.17) is 10.2 Å². The van der Waals surface area contributed by atoms with Crippen molar-refractivity contribution in [3.8, 4) is 0 Å². The number of hydrogen-bond donors (Lipinski definition) is 5. The molecule has 0 aliphatic carbocycles. The molecule has 7 N–H and O–H groups in total. The standard InChI is InChI=1S/C4H4O4.C2H5N3O2/c5-3(6)1-2-4(7)8;3-1(6)5-2(4)7/h1-2H,(H,5,6)(H,7,8);(H5,3,4,5,6,7)/b2-1-;. The largest absolute Gasteiger partial charge is 0.478 e. The molecule has 0 aliphatic heterocycles. The van der Waals surface area contributed by atoms with Crippen LogP contribution in [0.15, 0.2) is 12.2 Å². The smallest absolute Gasteiger partial charge is 0.328 e. The summed E-state index contributed by atoms with van der Waals surface area (Å²) in [5, 5.41) is 17.2. The zero-order valence-corrected chi connectivity index (χ0v) is 7.34. The van der Waals surface area contributed by atoms with Crippen LogP contribution in [0.3, 0.4) is 0 Å². The van der Waals surface area contributed by atoms with Gasteiger partial charge in [-0.25, -0.2) is 19.2 Å². The van der Waals surface area contributed by atoms with Crippen molar-refractivity contribution in [2.24, 2.45) is 11.5 Å². The highest BCUT2D eigenvalue weighted by atomic mass is 16.4. The first kappa shape index (κ1) is 14.9. The van der Waals surface area contributed by atoms with Crippen LogP contribution in [0.1, 0.15) is 0 Å². The van der Waals surface area contributed by atoms with Crippen LogP contribution >= 0.6 is 0 Å². The summed E-state index contributed by atoms with van der Waals surface area (Å²) in [4.78, 5) is 38.3. The Balaban J connectivity index is 0. The van der Waals surface area contributed by atoms with Crippen molar-refractivity contribution in [2.45, 2.75) is 0 Å². The topological polar surface area (TPSA) is 173 Å². The Labute approximate surface area is 83.3 Å². The number of carboxylic acids is 2. The summed E-state index contributed by atoms with van der Waals surface area (Å²) in [6, 6.07) is -1.88. The van der Waals surface area contributed by atoms with Crippen LogP contribution < -0.4 is 16.8 Å². The van der Waals surface area contributed by atoms with E-state index in [0.29, 0.717) is 12.2 Å². The fraction of sp³-hybridized carbons (Fsp3) is 0. The Morgan fingerprint density at radius 2 is 1.13 bits per heavy atom. The third kappa shape index (κ3) is 24.6. The predicted molar refractivity (Wildman–Crippen MR) is 46.7 cm³/mol. The zero-order chi connectivity index (χ0) is 12.4. The molecule has 0 spiro atoms. The van der Waals surface area contributed by atoms with Crippen molar-refractivity contribution in [3.63, 3.8) is 0 Å². The van der Waals surface area contributed by atoms with Crippen LogP contribution in [0.25, 0.3) is 0 Å². The fourth-order valence-corrected chi connectivity index (χ4v) is 0.264. The van der Waals surface area contributed by atoms with E-state index in [9.17, 15) is 19.2 Å². The second kappa shape index (κ2) is 8.04. The summed E-state index contributed by atoms with van der Waals surface area (Å²) in [5.74, 6) is -2.51. The lowest BCUT2D eigenvalue weighted by atomic mass is 10.5. The van der Waals surface area contributed by atoms with Gasteiger partial charge in [-0.15, -0.1) is 0 Å². The number of carboxylic acid groups (broad SMARTS) is 2. The molecule has 0 aromatic rings. The zero-order valence-electron chi connectivity index (χ0n) is 7.34. The molecule has 0 radical (unpaired) electrons. The molecule has 4 amide bonds. The van der Waals surface area contributed by atoms with Crippen molar-refractivity contribution in [3.05, 3.63) is 12.2 Å². The van der Waals surface area contributed by atoms with Crippen LogP contribution in [-0.2, 0) is 9.59 Å². The van der Waals surface area contributed by atoms with Gasteiger partial charge >= 0.3 is 24.0 Å². The van der Waals surface area contributed by atoms with E-state index >= 15 is 0 Å². The average Bonchev–Trinajstić information content (AvgIpc) is 1.99. The lowest BCUT2D eigenvalue weighted by Gasteiger charge is -1.88. The van der Waals surface area contributed by atoms with E-state index in [2.05, 4.69) is 11.5 Å². The third-order valence-electron chi connectivity index (χ3n) is 0.615. The van der Waals surface area contributed by atoms with Crippen molar-refractivity contribution < 1.29 is 29.4 Å². The summed E-state index contributed by atoms with van der Waals surface area (Å²) >= 11 is 0. The molecule has 9 heteroatoms. The van der Waals surface area contributed by atoms with Gasteiger partial charge in [-0.05, 0) is 0 Å². The van der Waals surface area contributed by atoms with Gasteiger partial charge in [-0.3, -0.25) is 5.32 Å². The Morgan fingerprint density at radius 1 is 0.867 bits per heavy atom. The molecule has 0 rings (SSSR count). The van der Waals surface area contributed by atoms with Gasteiger partial charge in [0.05, 0.1) is 0 Å². The highest BCUT2D eigenvalue weighted by Crippen LogP contribution is 1.70. The van der Waals surface area contributed by atoms with Crippen LogP contribution in [0.2, 0.25) is 0 Å². The van der Waals surface area contributed by atoms with Crippen LogP contribution in [0.4, 0.5) is 9.59 Å². The number of hydrogen-bond acceptors (Lipinski definition) is 4. The maximum atomic E-state index is 9.62. The molecule has 0 bridgehead atoms. The minimum absolute atomic E-state index is 0.558. The molecule has 0 heterocycles. The number of rotatable bonds is 2. The number of amides is 4. The number of carbonyl (C=O) groups excluding carboxylic acids is 2. The first-order valence-corrected chi connectivity index (χ1v) is 3.25. The molecular weight excluding hydrogens is 210 g/mol. The molecule has 0 aliphatic rings. The Morgan fingerprint density at radius 3 is 1.20 bits per heavy atom. The van der Waals surface area contributed by atoms with Crippen LogP contribution in [-0.4, -0.2) is 34.2 Å². The molecule has 9 nitrogen and oxygen atoms in total. The van der Waals surface area contributed by atoms with Crippen LogP contribution in [0.5, 0.6) is 0 Å². The van der Waals surface area contributed by atoms with Crippen molar-refractivity contribution in [1.29, 1.82) is 0 Å². The van der Waals surface area contributed by atoms with Crippen LogP contribution in [0, 0.1) is 0 Å². The first-order chi connectivity index (χ1) is 6.75. The van der Waals surface area contributed by atoms with E-state index in [0.717, 1.165) is 0 Å².